The third kappa shape index (κ3) is 2.30. The van der Waals surface area contributed by atoms with E-state index in [0.29, 0.717) is 0 Å². The van der Waals surface area contributed by atoms with Crippen LogP contribution >= 0.6 is 0 Å². The molecule has 0 amide bonds. The van der Waals surface area contributed by atoms with Gasteiger partial charge in [-0.3, -0.25) is 0 Å². The highest BCUT2D eigenvalue weighted by Gasteiger charge is 2.18. The van der Waals surface area contributed by atoms with Crippen LogP contribution in [-0.2, 0) is 0 Å². The molecule has 0 spiro atoms. The summed E-state index contributed by atoms with van der Waals surface area (Å²) in [4.78, 5) is 2.37. The standard InChI is InChI=1S/C13H16N2/c1-11-2-4-13(5-3-11)15-8-6-12(10-14)7-9-15/h2-5,12H,6-9H2,1H3. The molecule has 1 fully saturated rings. The van der Waals surface area contributed by atoms with Crippen molar-refractivity contribution < 1.29 is 0 Å². The number of nitrogens with zero attached hydrogens (tertiary/aromatic N) is 2. The average molecular weight is 200 g/mol. The predicted octanol–water partition coefficient (Wildman–Crippen LogP) is 2.74. The van der Waals surface area contributed by atoms with Crippen LogP contribution in [0.3, 0.4) is 0 Å². The minimum absolute atomic E-state index is 0.270. The number of nitriles is 1. The molecule has 15 heavy (non-hydrogen) atoms. The number of aryl methyl sites for hydroxylation is 1. The van der Waals surface area contributed by atoms with Crippen molar-refractivity contribution in [1.82, 2.24) is 0 Å². The monoisotopic (exact) mass is 200 g/mol. The van der Waals surface area contributed by atoms with E-state index in [1.54, 1.807) is 0 Å². The number of benzene rings is 1. The van der Waals surface area contributed by atoms with Crippen molar-refractivity contribution >= 4 is 5.69 Å². The largest absolute Gasteiger partial charge is 0.371 e. The summed E-state index contributed by atoms with van der Waals surface area (Å²) in [5, 5.41) is 8.82. The van der Waals surface area contributed by atoms with E-state index in [1.165, 1.54) is 11.3 Å². The highest BCUT2D eigenvalue weighted by atomic mass is 15.1. The number of piperidine rings is 1. The van der Waals surface area contributed by atoms with Crippen molar-refractivity contribution in [2.24, 2.45) is 5.92 Å². The number of rotatable bonds is 1. The van der Waals surface area contributed by atoms with Crippen molar-refractivity contribution in [3.63, 3.8) is 0 Å². The molecular formula is C13H16N2. The van der Waals surface area contributed by atoms with Gasteiger partial charge in [0.1, 0.15) is 0 Å². The van der Waals surface area contributed by atoms with Crippen LogP contribution in [0.25, 0.3) is 0 Å². The molecule has 0 aliphatic carbocycles. The van der Waals surface area contributed by atoms with Crippen molar-refractivity contribution in [2.45, 2.75) is 19.8 Å². The third-order valence-corrected chi connectivity index (χ3v) is 3.08. The van der Waals surface area contributed by atoms with Crippen molar-refractivity contribution in [3.05, 3.63) is 29.8 Å². The normalized spacial score (nSPS) is 17.5. The van der Waals surface area contributed by atoms with Gasteiger partial charge in [0.15, 0.2) is 0 Å². The van der Waals surface area contributed by atoms with Crippen molar-refractivity contribution in [2.75, 3.05) is 18.0 Å². The highest BCUT2D eigenvalue weighted by molar-refractivity contribution is 5.47. The molecule has 1 aliphatic rings. The van der Waals surface area contributed by atoms with Crippen molar-refractivity contribution in [1.29, 1.82) is 5.26 Å². The van der Waals surface area contributed by atoms with Crippen LogP contribution in [-0.4, -0.2) is 13.1 Å². The Morgan fingerprint density at radius 1 is 1.20 bits per heavy atom. The number of anilines is 1. The Balaban J connectivity index is 2.02. The summed E-state index contributed by atoms with van der Waals surface area (Å²) in [7, 11) is 0. The van der Waals surface area contributed by atoms with E-state index >= 15 is 0 Å². The summed E-state index contributed by atoms with van der Waals surface area (Å²) < 4.78 is 0. The molecule has 1 saturated heterocycles. The van der Waals surface area contributed by atoms with E-state index in [4.69, 9.17) is 5.26 Å². The molecule has 1 heterocycles. The Hall–Kier alpha value is -1.49. The smallest absolute Gasteiger partial charge is 0.0657 e. The zero-order chi connectivity index (χ0) is 10.7. The molecule has 2 heteroatoms. The third-order valence-electron chi connectivity index (χ3n) is 3.08. The van der Waals surface area contributed by atoms with Gasteiger partial charge in [-0.1, -0.05) is 17.7 Å². The molecule has 0 saturated carbocycles. The second-order valence-electron chi connectivity index (χ2n) is 4.23. The molecule has 1 aliphatic heterocycles. The first-order valence-corrected chi connectivity index (χ1v) is 5.51. The Morgan fingerprint density at radius 2 is 1.80 bits per heavy atom. The molecule has 0 bridgehead atoms. The van der Waals surface area contributed by atoms with E-state index in [1.807, 2.05) is 0 Å². The van der Waals surface area contributed by atoms with Crippen molar-refractivity contribution in [3.8, 4) is 6.07 Å². The molecule has 78 valence electrons. The lowest BCUT2D eigenvalue weighted by atomic mass is 9.98. The highest BCUT2D eigenvalue weighted by Crippen LogP contribution is 2.22. The fourth-order valence-electron chi connectivity index (χ4n) is 2.02. The molecule has 0 aromatic heterocycles. The lowest BCUT2D eigenvalue weighted by Crippen LogP contribution is -2.33. The second-order valence-corrected chi connectivity index (χ2v) is 4.23. The summed E-state index contributed by atoms with van der Waals surface area (Å²) in [5.74, 6) is 0.270. The first-order valence-electron chi connectivity index (χ1n) is 5.51. The van der Waals surface area contributed by atoms with E-state index in [-0.39, 0.29) is 5.92 Å². The quantitative estimate of drug-likeness (QED) is 0.697. The second kappa shape index (κ2) is 4.35. The van der Waals surface area contributed by atoms with E-state index in [0.717, 1.165) is 25.9 Å². The summed E-state index contributed by atoms with van der Waals surface area (Å²) in [5.41, 5.74) is 2.59. The van der Waals surface area contributed by atoms with Gasteiger partial charge in [0.2, 0.25) is 0 Å². The zero-order valence-electron chi connectivity index (χ0n) is 9.11. The van der Waals surface area contributed by atoms with Gasteiger partial charge in [-0.05, 0) is 31.9 Å². The Kier molecular flexibility index (Phi) is 2.91. The lowest BCUT2D eigenvalue weighted by molar-refractivity contribution is 0.488. The molecule has 1 aromatic rings. The maximum absolute atomic E-state index is 8.82. The topological polar surface area (TPSA) is 27.0 Å². The lowest BCUT2D eigenvalue weighted by Gasteiger charge is -2.31. The summed E-state index contributed by atoms with van der Waals surface area (Å²) >= 11 is 0. The van der Waals surface area contributed by atoms with Crippen LogP contribution in [0.4, 0.5) is 5.69 Å². The molecule has 1 aromatic carbocycles. The molecule has 2 nitrogen and oxygen atoms in total. The van der Waals surface area contributed by atoms with Gasteiger partial charge in [0.25, 0.3) is 0 Å². The molecule has 2 rings (SSSR count). The van der Waals surface area contributed by atoms with E-state index in [2.05, 4.69) is 42.2 Å². The van der Waals surface area contributed by atoms with Crippen LogP contribution in [0.15, 0.2) is 24.3 Å². The molecule has 0 unspecified atom stereocenters. The maximum atomic E-state index is 8.82. The van der Waals surface area contributed by atoms with Gasteiger partial charge in [0.05, 0.1) is 6.07 Å². The van der Waals surface area contributed by atoms with Crippen LogP contribution in [0.5, 0.6) is 0 Å². The predicted molar refractivity (Wildman–Crippen MR) is 61.7 cm³/mol. The first-order chi connectivity index (χ1) is 7.29. The molecule has 0 atom stereocenters. The fraction of sp³-hybridized carbons (Fsp3) is 0.462. The molecule has 0 N–H and O–H groups in total. The van der Waals surface area contributed by atoms with Gasteiger partial charge in [-0.2, -0.15) is 5.26 Å². The van der Waals surface area contributed by atoms with Gasteiger partial charge < -0.3 is 4.90 Å². The van der Waals surface area contributed by atoms with Gasteiger partial charge in [-0.25, -0.2) is 0 Å². The number of hydrogen-bond acceptors (Lipinski definition) is 2. The zero-order valence-corrected chi connectivity index (χ0v) is 9.11. The summed E-state index contributed by atoms with van der Waals surface area (Å²) in [6.07, 6.45) is 2.01. The summed E-state index contributed by atoms with van der Waals surface area (Å²) in [6.45, 7) is 4.13. The van der Waals surface area contributed by atoms with Crippen LogP contribution < -0.4 is 4.90 Å². The van der Waals surface area contributed by atoms with Gasteiger partial charge in [0, 0.05) is 24.7 Å². The Bertz CT molecular complexity index is 353. The molecular weight excluding hydrogens is 184 g/mol. The average Bonchev–Trinajstić information content (AvgIpc) is 2.30. The van der Waals surface area contributed by atoms with E-state index < -0.39 is 0 Å². The SMILES string of the molecule is Cc1ccc(N2CCC(C#N)CC2)cc1. The maximum Gasteiger partial charge on any atom is 0.0657 e. The minimum Gasteiger partial charge on any atom is -0.371 e. The number of hydrogen-bond donors (Lipinski definition) is 0. The van der Waals surface area contributed by atoms with E-state index in [9.17, 15) is 0 Å². The Labute approximate surface area is 91.1 Å². The van der Waals surface area contributed by atoms with Crippen LogP contribution in [0.2, 0.25) is 0 Å². The molecule has 0 radical (unpaired) electrons. The summed E-state index contributed by atoms with van der Waals surface area (Å²) in [6, 6.07) is 11.0. The van der Waals surface area contributed by atoms with Crippen LogP contribution in [0, 0.1) is 24.2 Å². The first kappa shape index (κ1) is 10.0. The van der Waals surface area contributed by atoms with Gasteiger partial charge in [-0.15, -0.1) is 0 Å². The van der Waals surface area contributed by atoms with Gasteiger partial charge >= 0.3 is 0 Å². The minimum atomic E-state index is 0.270. The fourth-order valence-corrected chi connectivity index (χ4v) is 2.02. The Morgan fingerprint density at radius 3 is 2.33 bits per heavy atom. The van der Waals surface area contributed by atoms with Crippen LogP contribution in [0.1, 0.15) is 18.4 Å².